The molecule has 15 heavy (non-hydrogen) atoms. The van der Waals surface area contributed by atoms with Crippen LogP contribution in [0.5, 0.6) is 0 Å². The summed E-state index contributed by atoms with van der Waals surface area (Å²) in [5.41, 5.74) is 2.80. The molecule has 0 fully saturated rings. The molecule has 1 nitrogen and oxygen atoms in total. The van der Waals surface area contributed by atoms with Crippen LogP contribution in [0.3, 0.4) is 0 Å². The molecule has 0 amide bonds. The van der Waals surface area contributed by atoms with E-state index < -0.39 is 0 Å². The molecule has 0 aliphatic carbocycles. The SMILES string of the molecule is Cc1scc(-c2ccc(Cl)cc2)c1C#N. The quantitative estimate of drug-likeness (QED) is 0.723. The smallest absolute Gasteiger partial charge is 0.101 e. The number of thiophene rings is 1. The average molecular weight is 234 g/mol. The van der Waals surface area contributed by atoms with E-state index in [0.717, 1.165) is 21.6 Å². The Morgan fingerprint density at radius 1 is 1.27 bits per heavy atom. The first kappa shape index (κ1) is 10.2. The van der Waals surface area contributed by atoms with Crippen molar-refractivity contribution in [1.82, 2.24) is 0 Å². The van der Waals surface area contributed by atoms with Crippen LogP contribution in [0.2, 0.25) is 5.02 Å². The van der Waals surface area contributed by atoms with E-state index in [9.17, 15) is 0 Å². The summed E-state index contributed by atoms with van der Waals surface area (Å²) in [7, 11) is 0. The standard InChI is InChI=1S/C12H8ClNS/c1-8-11(6-14)12(7-15-8)9-2-4-10(13)5-3-9/h2-5,7H,1H3. The summed E-state index contributed by atoms with van der Waals surface area (Å²) in [6, 6.07) is 9.78. The minimum absolute atomic E-state index is 0.712. The van der Waals surface area contributed by atoms with Gasteiger partial charge in [0.25, 0.3) is 0 Å². The Labute approximate surface area is 97.6 Å². The summed E-state index contributed by atoms with van der Waals surface area (Å²) in [5.74, 6) is 0. The summed E-state index contributed by atoms with van der Waals surface area (Å²) in [6.07, 6.45) is 0. The van der Waals surface area contributed by atoms with Crippen molar-refractivity contribution in [3.05, 3.63) is 45.1 Å². The molecule has 3 heteroatoms. The van der Waals surface area contributed by atoms with Crippen molar-refractivity contribution in [2.45, 2.75) is 6.92 Å². The van der Waals surface area contributed by atoms with Gasteiger partial charge in [0, 0.05) is 20.8 Å². The van der Waals surface area contributed by atoms with Gasteiger partial charge in [0.2, 0.25) is 0 Å². The number of rotatable bonds is 1. The number of nitrogens with zero attached hydrogens (tertiary/aromatic N) is 1. The third-order valence-electron chi connectivity index (χ3n) is 2.24. The molecule has 0 saturated carbocycles. The molecule has 0 bridgehead atoms. The van der Waals surface area contributed by atoms with Crippen molar-refractivity contribution in [3.8, 4) is 17.2 Å². The molecule has 0 aliphatic rings. The van der Waals surface area contributed by atoms with Crippen LogP contribution in [0, 0.1) is 18.3 Å². The number of halogens is 1. The van der Waals surface area contributed by atoms with E-state index in [2.05, 4.69) is 6.07 Å². The Morgan fingerprint density at radius 2 is 1.93 bits per heavy atom. The highest BCUT2D eigenvalue weighted by Crippen LogP contribution is 2.31. The lowest BCUT2D eigenvalue weighted by molar-refractivity contribution is 1.47. The molecule has 0 atom stereocenters. The van der Waals surface area contributed by atoms with Crippen LogP contribution in [0.15, 0.2) is 29.6 Å². The van der Waals surface area contributed by atoms with Crippen LogP contribution in [-0.2, 0) is 0 Å². The van der Waals surface area contributed by atoms with E-state index in [0.29, 0.717) is 5.02 Å². The molecule has 0 unspecified atom stereocenters. The molecule has 0 spiro atoms. The summed E-state index contributed by atoms with van der Waals surface area (Å²) in [4.78, 5) is 1.06. The van der Waals surface area contributed by atoms with Crippen molar-refractivity contribution < 1.29 is 0 Å². The molecule has 1 aromatic heterocycles. The normalized spacial score (nSPS) is 9.93. The van der Waals surface area contributed by atoms with E-state index in [1.165, 1.54) is 0 Å². The highest BCUT2D eigenvalue weighted by atomic mass is 35.5. The predicted molar refractivity (Wildman–Crippen MR) is 64.2 cm³/mol. The van der Waals surface area contributed by atoms with Gasteiger partial charge < -0.3 is 0 Å². The lowest BCUT2D eigenvalue weighted by Crippen LogP contribution is -1.79. The van der Waals surface area contributed by atoms with Gasteiger partial charge >= 0.3 is 0 Å². The zero-order valence-corrected chi connectivity index (χ0v) is 9.69. The topological polar surface area (TPSA) is 23.8 Å². The first-order valence-electron chi connectivity index (χ1n) is 4.46. The maximum atomic E-state index is 9.03. The summed E-state index contributed by atoms with van der Waals surface area (Å²) in [5, 5.41) is 11.8. The van der Waals surface area contributed by atoms with E-state index in [1.807, 2.05) is 36.6 Å². The van der Waals surface area contributed by atoms with E-state index in [4.69, 9.17) is 16.9 Å². The van der Waals surface area contributed by atoms with Gasteiger partial charge in [0.1, 0.15) is 6.07 Å². The third kappa shape index (κ3) is 1.90. The van der Waals surface area contributed by atoms with Crippen LogP contribution in [0.25, 0.3) is 11.1 Å². The van der Waals surface area contributed by atoms with Crippen LogP contribution in [0.4, 0.5) is 0 Å². The zero-order valence-electron chi connectivity index (χ0n) is 8.12. The van der Waals surface area contributed by atoms with Crippen LogP contribution >= 0.6 is 22.9 Å². The Bertz CT molecular complexity index is 520. The van der Waals surface area contributed by atoms with Gasteiger partial charge in [-0.15, -0.1) is 11.3 Å². The van der Waals surface area contributed by atoms with Crippen molar-refractivity contribution in [3.63, 3.8) is 0 Å². The van der Waals surface area contributed by atoms with E-state index in [-0.39, 0.29) is 0 Å². The van der Waals surface area contributed by atoms with Crippen LogP contribution in [0.1, 0.15) is 10.4 Å². The molecule has 1 heterocycles. The molecule has 0 saturated heterocycles. The summed E-state index contributed by atoms with van der Waals surface area (Å²) < 4.78 is 0. The van der Waals surface area contributed by atoms with E-state index >= 15 is 0 Å². The Morgan fingerprint density at radius 3 is 2.53 bits per heavy atom. The number of hydrogen-bond donors (Lipinski definition) is 0. The molecule has 0 radical (unpaired) electrons. The Balaban J connectivity index is 2.55. The van der Waals surface area contributed by atoms with Crippen LogP contribution in [-0.4, -0.2) is 0 Å². The minimum Gasteiger partial charge on any atom is -0.192 e. The fourth-order valence-electron chi connectivity index (χ4n) is 1.44. The molecule has 2 aromatic rings. The molecule has 74 valence electrons. The molecular weight excluding hydrogens is 226 g/mol. The molecular formula is C12H8ClNS. The first-order valence-corrected chi connectivity index (χ1v) is 5.72. The van der Waals surface area contributed by atoms with Gasteiger partial charge in [-0.2, -0.15) is 5.26 Å². The second kappa shape index (κ2) is 4.06. The number of hydrogen-bond acceptors (Lipinski definition) is 2. The highest BCUT2D eigenvalue weighted by Gasteiger charge is 2.09. The van der Waals surface area contributed by atoms with Gasteiger partial charge in [-0.05, 0) is 24.6 Å². The lowest BCUT2D eigenvalue weighted by Gasteiger charge is -1.99. The Kier molecular flexibility index (Phi) is 2.77. The number of benzene rings is 1. The first-order chi connectivity index (χ1) is 7.22. The van der Waals surface area contributed by atoms with Crippen molar-refractivity contribution >= 4 is 22.9 Å². The predicted octanol–water partition coefficient (Wildman–Crippen LogP) is 4.25. The lowest BCUT2D eigenvalue weighted by atomic mass is 10.0. The molecule has 0 N–H and O–H groups in total. The van der Waals surface area contributed by atoms with Gasteiger partial charge in [-0.3, -0.25) is 0 Å². The van der Waals surface area contributed by atoms with Crippen molar-refractivity contribution in [2.75, 3.05) is 0 Å². The summed E-state index contributed by atoms with van der Waals surface area (Å²) in [6.45, 7) is 1.96. The fourth-order valence-corrected chi connectivity index (χ4v) is 2.38. The second-order valence-corrected chi connectivity index (χ2v) is 4.72. The van der Waals surface area contributed by atoms with Crippen LogP contribution < -0.4 is 0 Å². The summed E-state index contributed by atoms with van der Waals surface area (Å²) >= 11 is 7.41. The fraction of sp³-hybridized carbons (Fsp3) is 0.0833. The van der Waals surface area contributed by atoms with Gasteiger partial charge in [0.05, 0.1) is 5.56 Å². The van der Waals surface area contributed by atoms with Crippen molar-refractivity contribution in [2.24, 2.45) is 0 Å². The maximum absolute atomic E-state index is 9.03. The maximum Gasteiger partial charge on any atom is 0.101 e. The van der Waals surface area contributed by atoms with E-state index in [1.54, 1.807) is 11.3 Å². The average Bonchev–Trinajstić information content (AvgIpc) is 2.61. The zero-order chi connectivity index (χ0) is 10.8. The monoisotopic (exact) mass is 233 g/mol. The largest absolute Gasteiger partial charge is 0.192 e. The highest BCUT2D eigenvalue weighted by molar-refractivity contribution is 7.10. The van der Waals surface area contributed by atoms with Crippen molar-refractivity contribution in [1.29, 1.82) is 5.26 Å². The number of nitriles is 1. The molecule has 2 rings (SSSR count). The minimum atomic E-state index is 0.712. The Hall–Kier alpha value is -1.30. The third-order valence-corrected chi connectivity index (χ3v) is 3.41. The van der Waals surface area contributed by atoms with Gasteiger partial charge in [0.15, 0.2) is 0 Å². The molecule has 1 aromatic carbocycles. The molecule has 0 aliphatic heterocycles. The van der Waals surface area contributed by atoms with Gasteiger partial charge in [-0.1, -0.05) is 23.7 Å². The number of aryl methyl sites for hydroxylation is 1. The van der Waals surface area contributed by atoms with Gasteiger partial charge in [-0.25, -0.2) is 0 Å². The second-order valence-electron chi connectivity index (χ2n) is 3.20.